The molecule has 1 aromatic carbocycles. The number of hydrazine groups is 1. The molecular formula is C12H12F2N4O2. The molecule has 8 heteroatoms. The first-order chi connectivity index (χ1) is 9.62. The van der Waals surface area contributed by atoms with Gasteiger partial charge in [0, 0.05) is 19.2 Å². The molecule has 0 bridgehead atoms. The van der Waals surface area contributed by atoms with Gasteiger partial charge in [-0.25, -0.2) is 19.6 Å². The number of rotatable bonds is 5. The number of aromatic nitrogens is 2. The molecule has 106 valence electrons. The lowest BCUT2D eigenvalue weighted by Crippen LogP contribution is -2.11. The van der Waals surface area contributed by atoms with E-state index in [1.807, 2.05) is 0 Å². The van der Waals surface area contributed by atoms with Crippen LogP contribution in [0.3, 0.4) is 0 Å². The van der Waals surface area contributed by atoms with Gasteiger partial charge in [-0.1, -0.05) is 0 Å². The van der Waals surface area contributed by atoms with Crippen LogP contribution in [-0.2, 0) is 11.3 Å². The maximum absolute atomic E-state index is 13.5. The van der Waals surface area contributed by atoms with E-state index in [2.05, 4.69) is 15.4 Å². The van der Waals surface area contributed by atoms with Gasteiger partial charge >= 0.3 is 0 Å². The molecular weight excluding hydrogens is 270 g/mol. The van der Waals surface area contributed by atoms with Crippen LogP contribution >= 0.6 is 0 Å². The van der Waals surface area contributed by atoms with E-state index in [1.165, 1.54) is 13.2 Å². The van der Waals surface area contributed by atoms with E-state index in [0.29, 0.717) is 11.9 Å². The number of ether oxygens (including phenoxy) is 2. The molecule has 0 aliphatic carbocycles. The van der Waals surface area contributed by atoms with E-state index in [9.17, 15) is 8.78 Å². The highest BCUT2D eigenvalue weighted by molar-refractivity contribution is 5.39. The Balaban J connectivity index is 2.29. The number of benzene rings is 1. The first kappa shape index (κ1) is 14.1. The van der Waals surface area contributed by atoms with Crippen molar-refractivity contribution in [2.45, 2.75) is 6.61 Å². The van der Waals surface area contributed by atoms with E-state index >= 15 is 0 Å². The number of methoxy groups -OCH3 is 1. The normalized spacial score (nSPS) is 10.4. The Morgan fingerprint density at radius 2 is 2.05 bits per heavy atom. The van der Waals surface area contributed by atoms with Crippen molar-refractivity contribution >= 4 is 5.82 Å². The largest absolute Gasteiger partial charge is 0.436 e. The van der Waals surface area contributed by atoms with Crippen molar-refractivity contribution in [3.63, 3.8) is 0 Å². The minimum atomic E-state index is -0.834. The fourth-order valence-corrected chi connectivity index (χ4v) is 1.46. The van der Waals surface area contributed by atoms with E-state index < -0.39 is 11.6 Å². The Labute approximate surface area is 113 Å². The Kier molecular flexibility index (Phi) is 4.38. The number of anilines is 1. The summed E-state index contributed by atoms with van der Waals surface area (Å²) in [5.74, 6) is 4.23. The highest BCUT2D eigenvalue weighted by Gasteiger charge is 2.10. The van der Waals surface area contributed by atoms with E-state index in [-0.39, 0.29) is 24.1 Å². The van der Waals surface area contributed by atoms with Crippen LogP contribution in [0.2, 0.25) is 0 Å². The van der Waals surface area contributed by atoms with Gasteiger partial charge in [-0.3, -0.25) is 0 Å². The lowest BCUT2D eigenvalue weighted by molar-refractivity contribution is 0.177. The van der Waals surface area contributed by atoms with Crippen LogP contribution < -0.4 is 16.0 Å². The van der Waals surface area contributed by atoms with Crippen molar-refractivity contribution in [3.8, 4) is 11.6 Å². The van der Waals surface area contributed by atoms with Gasteiger partial charge in [0.15, 0.2) is 17.4 Å². The average Bonchev–Trinajstić information content (AvgIpc) is 2.42. The number of hydrogen-bond donors (Lipinski definition) is 2. The zero-order valence-corrected chi connectivity index (χ0v) is 10.6. The molecule has 0 aliphatic heterocycles. The molecule has 2 rings (SSSR count). The van der Waals surface area contributed by atoms with Crippen molar-refractivity contribution in [2.75, 3.05) is 12.5 Å². The summed E-state index contributed by atoms with van der Waals surface area (Å²) in [4.78, 5) is 8.03. The monoisotopic (exact) mass is 282 g/mol. The summed E-state index contributed by atoms with van der Waals surface area (Å²) in [6, 6.07) is 4.34. The first-order valence-corrected chi connectivity index (χ1v) is 5.59. The average molecular weight is 282 g/mol. The number of hydrogen-bond acceptors (Lipinski definition) is 6. The predicted octanol–water partition coefficient (Wildman–Crippen LogP) is 1.98. The van der Waals surface area contributed by atoms with Crippen molar-refractivity contribution in [3.05, 3.63) is 41.7 Å². The summed E-state index contributed by atoms with van der Waals surface area (Å²) < 4.78 is 36.4. The van der Waals surface area contributed by atoms with Crippen LogP contribution in [0.1, 0.15) is 5.82 Å². The maximum atomic E-state index is 13.5. The Bertz CT molecular complexity index is 610. The predicted molar refractivity (Wildman–Crippen MR) is 67.0 cm³/mol. The SMILES string of the molecule is COCc1nc(NN)cc(Oc2ccc(F)cc2F)n1. The quantitative estimate of drug-likeness (QED) is 0.644. The van der Waals surface area contributed by atoms with E-state index in [4.69, 9.17) is 15.3 Å². The van der Waals surface area contributed by atoms with Crippen LogP contribution in [-0.4, -0.2) is 17.1 Å². The molecule has 3 N–H and O–H groups in total. The minimum absolute atomic E-state index is 0.0607. The molecule has 20 heavy (non-hydrogen) atoms. The van der Waals surface area contributed by atoms with Crippen LogP contribution in [0, 0.1) is 11.6 Å². The summed E-state index contributed by atoms with van der Waals surface area (Å²) in [6.07, 6.45) is 0. The highest BCUT2D eigenvalue weighted by Crippen LogP contribution is 2.24. The van der Waals surface area contributed by atoms with Gasteiger partial charge < -0.3 is 14.9 Å². The van der Waals surface area contributed by atoms with E-state index in [0.717, 1.165) is 12.1 Å². The molecule has 1 heterocycles. The summed E-state index contributed by atoms with van der Waals surface area (Å²) in [7, 11) is 1.48. The Hall–Kier alpha value is -2.32. The van der Waals surface area contributed by atoms with Gasteiger partial charge in [0.25, 0.3) is 0 Å². The summed E-state index contributed by atoms with van der Waals surface area (Å²) in [5.41, 5.74) is 2.34. The second kappa shape index (κ2) is 6.22. The topological polar surface area (TPSA) is 82.3 Å². The lowest BCUT2D eigenvalue weighted by atomic mass is 10.3. The number of nitrogens with one attached hydrogen (secondary N) is 1. The van der Waals surface area contributed by atoms with Crippen LogP contribution in [0.5, 0.6) is 11.6 Å². The molecule has 6 nitrogen and oxygen atoms in total. The van der Waals surface area contributed by atoms with Crippen molar-refractivity contribution in [1.82, 2.24) is 9.97 Å². The van der Waals surface area contributed by atoms with Crippen LogP contribution in [0.25, 0.3) is 0 Å². The summed E-state index contributed by atoms with van der Waals surface area (Å²) >= 11 is 0. The zero-order chi connectivity index (χ0) is 14.5. The second-order valence-electron chi connectivity index (χ2n) is 3.76. The molecule has 0 fully saturated rings. The molecule has 0 radical (unpaired) electrons. The number of nitrogens with zero attached hydrogens (tertiary/aromatic N) is 2. The maximum Gasteiger partial charge on any atom is 0.224 e. The third-order valence-corrected chi connectivity index (χ3v) is 2.28. The Morgan fingerprint density at radius 1 is 1.25 bits per heavy atom. The minimum Gasteiger partial charge on any atom is -0.436 e. The highest BCUT2D eigenvalue weighted by atomic mass is 19.1. The number of nitrogen functional groups attached to an aromatic ring is 1. The Morgan fingerprint density at radius 3 is 2.70 bits per heavy atom. The second-order valence-corrected chi connectivity index (χ2v) is 3.76. The molecule has 2 aromatic rings. The number of halogens is 2. The molecule has 0 atom stereocenters. The molecule has 0 unspecified atom stereocenters. The summed E-state index contributed by atoms with van der Waals surface area (Å²) in [5, 5.41) is 0. The summed E-state index contributed by atoms with van der Waals surface area (Å²) in [6.45, 7) is 0.137. The lowest BCUT2D eigenvalue weighted by Gasteiger charge is -2.09. The molecule has 0 saturated heterocycles. The standard InChI is InChI=1S/C12H12F2N4O2/c1-19-6-11-16-10(18-15)5-12(17-11)20-9-3-2-7(13)4-8(9)14/h2-5H,6,15H2,1H3,(H,16,17,18). The third kappa shape index (κ3) is 3.37. The number of nitrogens with two attached hydrogens (primary N) is 1. The molecule has 0 saturated carbocycles. The fraction of sp³-hybridized carbons (Fsp3) is 0.167. The zero-order valence-electron chi connectivity index (χ0n) is 10.6. The van der Waals surface area contributed by atoms with Crippen LogP contribution in [0.4, 0.5) is 14.6 Å². The van der Waals surface area contributed by atoms with Gasteiger partial charge in [-0.15, -0.1) is 0 Å². The van der Waals surface area contributed by atoms with Gasteiger partial charge in [-0.2, -0.15) is 4.98 Å². The molecule has 0 spiro atoms. The third-order valence-electron chi connectivity index (χ3n) is 2.28. The molecule has 0 amide bonds. The smallest absolute Gasteiger partial charge is 0.224 e. The van der Waals surface area contributed by atoms with Crippen LogP contribution in [0.15, 0.2) is 24.3 Å². The van der Waals surface area contributed by atoms with Gasteiger partial charge in [0.05, 0.1) is 0 Å². The first-order valence-electron chi connectivity index (χ1n) is 5.59. The fourth-order valence-electron chi connectivity index (χ4n) is 1.46. The van der Waals surface area contributed by atoms with Gasteiger partial charge in [0.2, 0.25) is 5.88 Å². The van der Waals surface area contributed by atoms with Gasteiger partial charge in [-0.05, 0) is 12.1 Å². The molecule has 0 aliphatic rings. The van der Waals surface area contributed by atoms with Gasteiger partial charge in [0.1, 0.15) is 18.2 Å². The van der Waals surface area contributed by atoms with Crippen molar-refractivity contribution in [1.29, 1.82) is 0 Å². The van der Waals surface area contributed by atoms with Crippen molar-refractivity contribution in [2.24, 2.45) is 5.84 Å². The molecule has 1 aromatic heterocycles. The van der Waals surface area contributed by atoms with E-state index in [1.54, 1.807) is 0 Å². The van der Waals surface area contributed by atoms with Crippen molar-refractivity contribution < 1.29 is 18.3 Å².